The molecule has 0 atom stereocenters. The fourth-order valence-corrected chi connectivity index (χ4v) is 2.80. The molecule has 2 saturated carbocycles. The van der Waals surface area contributed by atoms with Gasteiger partial charge in [-0.3, -0.25) is 0 Å². The van der Waals surface area contributed by atoms with Crippen LogP contribution in [0.4, 0.5) is 0 Å². The summed E-state index contributed by atoms with van der Waals surface area (Å²) in [6.45, 7) is 7.86. The van der Waals surface area contributed by atoms with Gasteiger partial charge in [0.1, 0.15) is 0 Å². The molecular formula is C16H31NO. The Hall–Kier alpha value is -0.0800. The molecule has 2 heteroatoms. The van der Waals surface area contributed by atoms with E-state index in [1.807, 2.05) is 0 Å². The van der Waals surface area contributed by atoms with Crippen molar-refractivity contribution in [3.05, 3.63) is 0 Å². The maximum absolute atomic E-state index is 5.82. The van der Waals surface area contributed by atoms with Crippen molar-refractivity contribution in [3.8, 4) is 0 Å². The molecule has 0 unspecified atom stereocenters. The highest BCUT2D eigenvalue weighted by molar-refractivity contribution is 4.78. The van der Waals surface area contributed by atoms with Crippen molar-refractivity contribution in [2.24, 2.45) is 17.8 Å². The van der Waals surface area contributed by atoms with Crippen LogP contribution < -0.4 is 5.32 Å². The van der Waals surface area contributed by atoms with Gasteiger partial charge in [-0.1, -0.05) is 13.8 Å². The Balaban J connectivity index is 1.47. The van der Waals surface area contributed by atoms with Gasteiger partial charge in [0, 0.05) is 19.3 Å². The first kappa shape index (κ1) is 14.3. The Morgan fingerprint density at radius 1 is 0.944 bits per heavy atom. The van der Waals surface area contributed by atoms with Crippen molar-refractivity contribution < 1.29 is 4.74 Å². The minimum atomic E-state index is 0.781. The van der Waals surface area contributed by atoms with E-state index in [-0.39, 0.29) is 0 Å². The Bertz CT molecular complexity index is 201. The predicted molar refractivity (Wildman–Crippen MR) is 76.7 cm³/mol. The van der Waals surface area contributed by atoms with E-state index in [0.717, 1.165) is 37.0 Å². The van der Waals surface area contributed by atoms with Crippen molar-refractivity contribution in [2.45, 2.75) is 64.8 Å². The summed E-state index contributed by atoms with van der Waals surface area (Å²) in [6.07, 6.45) is 9.57. The van der Waals surface area contributed by atoms with Gasteiger partial charge in [-0.25, -0.2) is 0 Å². The second-order valence-electron chi connectivity index (χ2n) is 6.84. The van der Waals surface area contributed by atoms with E-state index in [9.17, 15) is 0 Å². The molecule has 0 aromatic rings. The number of ether oxygens (including phenoxy) is 1. The molecule has 0 amide bonds. The van der Waals surface area contributed by atoms with Crippen LogP contribution in [0.15, 0.2) is 0 Å². The molecule has 1 N–H and O–H groups in total. The minimum Gasteiger partial charge on any atom is -0.381 e. The molecule has 2 aliphatic rings. The van der Waals surface area contributed by atoms with Gasteiger partial charge in [-0.05, 0) is 69.2 Å². The van der Waals surface area contributed by atoms with Crippen molar-refractivity contribution in [1.82, 2.24) is 5.32 Å². The first-order valence-electron chi connectivity index (χ1n) is 8.05. The summed E-state index contributed by atoms with van der Waals surface area (Å²) in [6, 6.07) is 0.781. The summed E-state index contributed by atoms with van der Waals surface area (Å²) in [7, 11) is 0. The monoisotopic (exact) mass is 253 g/mol. The molecule has 0 saturated heterocycles. The van der Waals surface area contributed by atoms with Crippen LogP contribution in [0.1, 0.15) is 58.8 Å². The topological polar surface area (TPSA) is 21.3 Å². The number of hydrogen-bond acceptors (Lipinski definition) is 2. The Kier molecular flexibility index (Phi) is 5.97. The molecule has 0 aromatic heterocycles. The normalized spacial score (nSPS) is 28.8. The molecule has 2 aliphatic carbocycles. The van der Waals surface area contributed by atoms with Crippen LogP contribution in [0.5, 0.6) is 0 Å². The van der Waals surface area contributed by atoms with Crippen LogP contribution in [0.2, 0.25) is 0 Å². The van der Waals surface area contributed by atoms with E-state index >= 15 is 0 Å². The molecule has 0 aromatic carbocycles. The first-order valence-corrected chi connectivity index (χ1v) is 8.05. The molecular weight excluding hydrogens is 222 g/mol. The third kappa shape index (κ3) is 5.71. The lowest BCUT2D eigenvalue weighted by molar-refractivity contribution is 0.0740. The summed E-state index contributed by atoms with van der Waals surface area (Å²) >= 11 is 0. The fraction of sp³-hybridized carbons (Fsp3) is 1.00. The van der Waals surface area contributed by atoms with Gasteiger partial charge in [-0.2, -0.15) is 0 Å². The van der Waals surface area contributed by atoms with Gasteiger partial charge >= 0.3 is 0 Å². The van der Waals surface area contributed by atoms with Crippen LogP contribution in [-0.2, 0) is 4.74 Å². The maximum atomic E-state index is 5.82. The molecule has 18 heavy (non-hydrogen) atoms. The first-order chi connectivity index (χ1) is 8.74. The highest BCUT2D eigenvalue weighted by Gasteiger charge is 2.24. The third-order valence-corrected chi connectivity index (χ3v) is 4.41. The highest BCUT2D eigenvalue weighted by atomic mass is 16.5. The third-order valence-electron chi connectivity index (χ3n) is 4.41. The largest absolute Gasteiger partial charge is 0.381 e. The zero-order chi connectivity index (χ0) is 12.8. The van der Waals surface area contributed by atoms with Crippen molar-refractivity contribution in [1.29, 1.82) is 0 Å². The zero-order valence-electron chi connectivity index (χ0n) is 12.3. The lowest BCUT2D eigenvalue weighted by Gasteiger charge is -2.29. The Morgan fingerprint density at radius 3 is 2.00 bits per heavy atom. The SMILES string of the molecule is CC(C)CCNC1CCC(COCC2CC2)CC1. The Morgan fingerprint density at radius 2 is 1.50 bits per heavy atom. The smallest absolute Gasteiger partial charge is 0.0494 e. The molecule has 0 spiro atoms. The van der Waals surface area contributed by atoms with Crippen LogP contribution in [-0.4, -0.2) is 25.8 Å². The summed E-state index contributed by atoms with van der Waals surface area (Å²) in [5, 5.41) is 3.72. The second-order valence-corrected chi connectivity index (χ2v) is 6.84. The molecule has 106 valence electrons. The van der Waals surface area contributed by atoms with E-state index < -0.39 is 0 Å². The maximum Gasteiger partial charge on any atom is 0.0494 e. The van der Waals surface area contributed by atoms with Crippen LogP contribution in [0.3, 0.4) is 0 Å². The van der Waals surface area contributed by atoms with E-state index in [1.165, 1.54) is 51.5 Å². The molecule has 0 aliphatic heterocycles. The minimum absolute atomic E-state index is 0.781. The molecule has 2 fully saturated rings. The average molecular weight is 253 g/mol. The number of rotatable bonds is 8. The highest BCUT2D eigenvalue weighted by Crippen LogP contribution is 2.30. The van der Waals surface area contributed by atoms with Crippen molar-refractivity contribution in [2.75, 3.05) is 19.8 Å². The summed E-state index contributed by atoms with van der Waals surface area (Å²) in [5.74, 6) is 2.58. The molecule has 2 nitrogen and oxygen atoms in total. The standard InChI is InChI=1S/C16H31NO/c1-13(2)9-10-17-16-7-5-15(6-8-16)12-18-11-14-3-4-14/h13-17H,3-12H2,1-2H3. The van der Waals surface area contributed by atoms with E-state index in [4.69, 9.17) is 4.74 Å². The summed E-state index contributed by atoms with van der Waals surface area (Å²) in [5.41, 5.74) is 0. The van der Waals surface area contributed by atoms with Gasteiger partial charge in [0.15, 0.2) is 0 Å². The zero-order valence-corrected chi connectivity index (χ0v) is 12.3. The predicted octanol–water partition coefficient (Wildman–Crippen LogP) is 3.61. The second kappa shape index (κ2) is 7.49. The van der Waals surface area contributed by atoms with Gasteiger partial charge < -0.3 is 10.1 Å². The lowest BCUT2D eigenvalue weighted by Crippen LogP contribution is -2.35. The molecule has 2 rings (SSSR count). The molecule has 0 radical (unpaired) electrons. The summed E-state index contributed by atoms with van der Waals surface area (Å²) in [4.78, 5) is 0. The fourth-order valence-electron chi connectivity index (χ4n) is 2.80. The van der Waals surface area contributed by atoms with Crippen molar-refractivity contribution >= 4 is 0 Å². The summed E-state index contributed by atoms with van der Waals surface area (Å²) < 4.78 is 5.82. The molecule has 0 heterocycles. The molecule has 0 bridgehead atoms. The van der Waals surface area contributed by atoms with Crippen LogP contribution in [0, 0.1) is 17.8 Å². The quantitative estimate of drug-likeness (QED) is 0.713. The van der Waals surface area contributed by atoms with E-state index in [1.54, 1.807) is 0 Å². The lowest BCUT2D eigenvalue weighted by atomic mass is 9.86. The van der Waals surface area contributed by atoms with Crippen LogP contribution >= 0.6 is 0 Å². The van der Waals surface area contributed by atoms with Crippen LogP contribution in [0.25, 0.3) is 0 Å². The van der Waals surface area contributed by atoms with Gasteiger partial charge in [0.05, 0.1) is 0 Å². The van der Waals surface area contributed by atoms with Crippen molar-refractivity contribution in [3.63, 3.8) is 0 Å². The number of hydrogen-bond donors (Lipinski definition) is 1. The average Bonchev–Trinajstić information content (AvgIpc) is 3.15. The van der Waals surface area contributed by atoms with E-state index in [2.05, 4.69) is 19.2 Å². The van der Waals surface area contributed by atoms with E-state index in [0.29, 0.717) is 0 Å². The Labute approximate surface area is 113 Å². The van der Waals surface area contributed by atoms with Gasteiger partial charge in [0.2, 0.25) is 0 Å². The number of nitrogens with one attached hydrogen (secondary N) is 1. The van der Waals surface area contributed by atoms with Gasteiger partial charge in [0.25, 0.3) is 0 Å². The van der Waals surface area contributed by atoms with Gasteiger partial charge in [-0.15, -0.1) is 0 Å².